The van der Waals surface area contributed by atoms with Crippen LogP contribution in [0.5, 0.6) is 0 Å². The van der Waals surface area contributed by atoms with Gasteiger partial charge in [0.25, 0.3) is 0 Å². The van der Waals surface area contributed by atoms with E-state index in [1.165, 1.54) is 6.07 Å². The van der Waals surface area contributed by atoms with Crippen molar-refractivity contribution < 1.29 is 4.39 Å². The van der Waals surface area contributed by atoms with Gasteiger partial charge < -0.3 is 0 Å². The third-order valence-corrected chi connectivity index (χ3v) is 3.80. The molecule has 0 nitrogen and oxygen atoms in total. The first-order chi connectivity index (χ1) is 8.70. The van der Waals surface area contributed by atoms with Crippen molar-refractivity contribution in [2.45, 2.75) is 12.3 Å². The quantitative estimate of drug-likeness (QED) is 0.681. The van der Waals surface area contributed by atoms with Gasteiger partial charge in [0.2, 0.25) is 0 Å². The van der Waals surface area contributed by atoms with E-state index in [0.29, 0.717) is 17.9 Å². The molecule has 0 aliphatic carbocycles. The van der Waals surface area contributed by atoms with E-state index < -0.39 is 0 Å². The number of rotatable bonds is 4. The molecule has 0 heterocycles. The van der Waals surface area contributed by atoms with Crippen molar-refractivity contribution in [2.75, 3.05) is 5.88 Å². The van der Waals surface area contributed by atoms with Crippen LogP contribution in [-0.4, -0.2) is 5.88 Å². The molecule has 0 aliphatic rings. The molecule has 0 saturated carbocycles. The molecule has 0 fully saturated rings. The van der Waals surface area contributed by atoms with Crippen molar-refractivity contribution >= 4 is 27.5 Å². The fourth-order valence-corrected chi connectivity index (χ4v) is 2.66. The summed E-state index contributed by atoms with van der Waals surface area (Å²) in [6.07, 6.45) is 0.618. The summed E-state index contributed by atoms with van der Waals surface area (Å²) in [4.78, 5) is 0. The number of hydrogen-bond donors (Lipinski definition) is 0. The van der Waals surface area contributed by atoms with Crippen LogP contribution in [0.4, 0.5) is 4.39 Å². The van der Waals surface area contributed by atoms with Gasteiger partial charge in [0, 0.05) is 16.3 Å². The van der Waals surface area contributed by atoms with Gasteiger partial charge in [0.1, 0.15) is 5.82 Å². The van der Waals surface area contributed by atoms with Crippen molar-refractivity contribution in [1.82, 2.24) is 0 Å². The molecule has 1 atom stereocenters. The maximum atomic E-state index is 13.6. The van der Waals surface area contributed by atoms with E-state index in [4.69, 9.17) is 11.6 Å². The Labute approximate surface area is 120 Å². The predicted octanol–water partition coefficient (Wildman–Crippen LogP) is 5.15. The lowest BCUT2D eigenvalue weighted by Gasteiger charge is -2.15. The van der Waals surface area contributed by atoms with Crippen LogP contribution in [0.15, 0.2) is 53.0 Å². The summed E-state index contributed by atoms with van der Waals surface area (Å²) < 4.78 is 14.6. The third kappa shape index (κ3) is 3.33. The molecule has 0 aliphatic heterocycles. The average molecular weight is 328 g/mol. The van der Waals surface area contributed by atoms with Gasteiger partial charge in [-0.2, -0.15) is 0 Å². The van der Waals surface area contributed by atoms with Gasteiger partial charge in [-0.25, -0.2) is 4.39 Å². The number of halogens is 3. The SMILES string of the molecule is Fc1ccccc1CC(CCl)c1cccc(Br)c1. The Hall–Kier alpha value is -0.860. The van der Waals surface area contributed by atoms with Crippen LogP contribution in [0.1, 0.15) is 17.0 Å². The maximum Gasteiger partial charge on any atom is 0.126 e. The van der Waals surface area contributed by atoms with Crippen molar-refractivity contribution in [3.8, 4) is 0 Å². The largest absolute Gasteiger partial charge is 0.207 e. The van der Waals surface area contributed by atoms with Gasteiger partial charge in [-0.05, 0) is 35.7 Å². The predicted molar refractivity (Wildman–Crippen MR) is 77.7 cm³/mol. The molecular formula is C15H13BrClF. The maximum absolute atomic E-state index is 13.6. The first-order valence-electron chi connectivity index (χ1n) is 5.75. The summed E-state index contributed by atoms with van der Waals surface area (Å²) in [6.45, 7) is 0. The molecule has 0 N–H and O–H groups in total. The molecule has 1 unspecified atom stereocenters. The van der Waals surface area contributed by atoms with Crippen LogP contribution in [0.3, 0.4) is 0 Å². The van der Waals surface area contributed by atoms with Crippen LogP contribution in [0, 0.1) is 5.82 Å². The van der Waals surface area contributed by atoms with Gasteiger partial charge in [0.15, 0.2) is 0 Å². The Morgan fingerprint density at radius 1 is 1.11 bits per heavy atom. The number of alkyl halides is 1. The normalized spacial score (nSPS) is 12.4. The number of hydrogen-bond acceptors (Lipinski definition) is 0. The Morgan fingerprint density at radius 3 is 2.56 bits per heavy atom. The van der Waals surface area contributed by atoms with Crippen LogP contribution >= 0.6 is 27.5 Å². The Morgan fingerprint density at radius 2 is 1.89 bits per heavy atom. The topological polar surface area (TPSA) is 0 Å². The zero-order chi connectivity index (χ0) is 13.0. The lowest BCUT2D eigenvalue weighted by molar-refractivity contribution is 0.598. The van der Waals surface area contributed by atoms with Crippen molar-refractivity contribution in [3.63, 3.8) is 0 Å². The Kier molecular flexibility index (Phi) is 4.79. The van der Waals surface area contributed by atoms with Gasteiger partial charge in [0.05, 0.1) is 0 Å². The van der Waals surface area contributed by atoms with Crippen molar-refractivity contribution in [3.05, 3.63) is 69.9 Å². The van der Waals surface area contributed by atoms with Crippen molar-refractivity contribution in [2.24, 2.45) is 0 Å². The summed E-state index contributed by atoms with van der Waals surface area (Å²) in [5.41, 5.74) is 1.84. The smallest absolute Gasteiger partial charge is 0.126 e. The number of benzene rings is 2. The first kappa shape index (κ1) is 13.6. The molecule has 18 heavy (non-hydrogen) atoms. The van der Waals surface area contributed by atoms with E-state index in [1.807, 2.05) is 36.4 Å². The minimum atomic E-state index is -0.164. The van der Waals surface area contributed by atoms with Crippen LogP contribution in [-0.2, 0) is 6.42 Å². The molecule has 0 radical (unpaired) electrons. The second-order valence-corrected chi connectivity index (χ2v) is 5.43. The molecule has 3 heteroatoms. The summed E-state index contributed by atoms with van der Waals surface area (Å²) in [5.74, 6) is 0.439. The summed E-state index contributed by atoms with van der Waals surface area (Å²) in [5, 5.41) is 0. The molecule has 0 amide bonds. The first-order valence-corrected chi connectivity index (χ1v) is 7.08. The molecule has 0 saturated heterocycles. The van der Waals surface area contributed by atoms with E-state index in [9.17, 15) is 4.39 Å². The van der Waals surface area contributed by atoms with E-state index in [1.54, 1.807) is 6.07 Å². The van der Waals surface area contributed by atoms with E-state index in [0.717, 1.165) is 10.0 Å². The second kappa shape index (κ2) is 6.35. The average Bonchev–Trinajstić information content (AvgIpc) is 2.38. The summed E-state index contributed by atoms with van der Waals surface area (Å²) in [6, 6.07) is 14.9. The van der Waals surface area contributed by atoms with Gasteiger partial charge in [-0.1, -0.05) is 46.3 Å². The standard InChI is InChI=1S/C15H13BrClF/c16-14-6-3-5-11(9-14)13(10-17)8-12-4-1-2-7-15(12)18/h1-7,9,13H,8,10H2. The van der Waals surface area contributed by atoms with Gasteiger partial charge >= 0.3 is 0 Å². The minimum Gasteiger partial charge on any atom is -0.207 e. The summed E-state index contributed by atoms with van der Waals surface area (Å²) >= 11 is 9.46. The highest BCUT2D eigenvalue weighted by molar-refractivity contribution is 9.10. The minimum absolute atomic E-state index is 0.126. The van der Waals surface area contributed by atoms with E-state index in [2.05, 4.69) is 15.9 Å². The molecule has 0 spiro atoms. The molecule has 2 rings (SSSR count). The lowest BCUT2D eigenvalue weighted by atomic mass is 9.93. The summed E-state index contributed by atoms with van der Waals surface area (Å²) in [7, 11) is 0. The molecule has 2 aromatic rings. The van der Waals surface area contributed by atoms with Crippen LogP contribution in [0.25, 0.3) is 0 Å². The van der Waals surface area contributed by atoms with E-state index in [-0.39, 0.29) is 11.7 Å². The highest BCUT2D eigenvalue weighted by Crippen LogP contribution is 2.25. The van der Waals surface area contributed by atoms with Gasteiger partial charge in [-0.15, -0.1) is 11.6 Å². The molecule has 94 valence electrons. The second-order valence-electron chi connectivity index (χ2n) is 4.20. The highest BCUT2D eigenvalue weighted by atomic mass is 79.9. The van der Waals surface area contributed by atoms with Crippen LogP contribution < -0.4 is 0 Å². The molecular weight excluding hydrogens is 315 g/mol. The Balaban J connectivity index is 2.23. The fraction of sp³-hybridized carbons (Fsp3) is 0.200. The zero-order valence-electron chi connectivity index (χ0n) is 9.74. The zero-order valence-corrected chi connectivity index (χ0v) is 12.1. The highest BCUT2D eigenvalue weighted by Gasteiger charge is 2.13. The molecule has 0 bridgehead atoms. The lowest BCUT2D eigenvalue weighted by Crippen LogP contribution is -2.06. The van der Waals surface area contributed by atoms with E-state index >= 15 is 0 Å². The molecule has 0 aromatic heterocycles. The third-order valence-electron chi connectivity index (χ3n) is 2.93. The monoisotopic (exact) mass is 326 g/mol. The Bertz CT molecular complexity index is 527. The molecule has 2 aromatic carbocycles. The van der Waals surface area contributed by atoms with Gasteiger partial charge in [-0.3, -0.25) is 0 Å². The fourth-order valence-electron chi connectivity index (χ4n) is 1.95. The van der Waals surface area contributed by atoms with Crippen LogP contribution in [0.2, 0.25) is 0 Å². The van der Waals surface area contributed by atoms with Crippen molar-refractivity contribution in [1.29, 1.82) is 0 Å².